The van der Waals surface area contributed by atoms with Gasteiger partial charge in [0, 0.05) is 37.0 Å². The number of hydrogen-bond acceptors (Lipinski definition) is 6. The zero-order valence-electron chi connectivity index (χ0n) is 20.1. The van der Waals surface area contributed by atoms with E-state index < -0.39 is 6.36 Å². The Morgan fingerprint density at radius 3 is 2.73 bits per heavy atom. The van der Waals surface area contributed by atoms with Crippen LogP contribution in [0.15, 0.2) is 53.1 Å². The number of hydrogen-bond donors (Lipinski definition) is 2. The van der Waals surface area contributed by atoms with Gasteiger partial charge in [-0.3, -0.25) is 4.79 Å². The molecule has 3 heterocycles. The van der Waals surface area contributed by atoms with E-state index in [0.29, 0.717) is 62.0 Å². The number of carbonyl (C=O) groups excluding carboxylic acids is 1. The highest BCUT2D eigenvalue weighted by molar-refractivity contribution is 5.98. The van der Waals surface area contributed by atoms with Crippen LogP contribution in [0.25, 0.3) is 10.9 Å². The minimum atomic E-state index is -4.73. The first kappa shape index (κ1) is 24.7. The number of ether oxygens (including phenoxy) is 1. The summed E-state index contributed by atoms with van der Waals surface area (Å²) in [5, 5.41) is 7.88. The van der Waals surface area contributed by atoms with E-state index in [0.717, 1.165) is 16.5 Å². The number of carbonyl (C=O) groups is 1. The number of para-hydroxylation sites is 2. The second kappa shape index (κ2) is 10.2. The number of aromatic nitrogens is 3. The molecule has 2 aromatic carbocycles. The zero-order valence-corrected chi connectivity index (χ0v) is 20.1. The van der Waals surface area contributed by atoms with Gasteiger partial charge < -0.3 is 24.5 Å². The van der Waals surface area contributed by atoms with Crippen LogP contribution in [0.4, 0.5) is 19.1 Å². The number of rotatable bonds is 7. The van der Waals surface area contributed by atoms with Crippen molar-refractivity contribution in [1.82, 2.24) is 20.4 Å². The molecule has 11 heteroatoms. The highest BCUT2D eigenvalue weighted by atomic mass is 19.4. The first-order valence-electron chi connectivity index (χ1n) is 12.1. The van der Waals surface area contributed by atoms with Gasteiger partial charge in [-0.1, -0.05) is 36.4 Å². The molecular formula is C26H26F3N5O3. The minimum Gasteiger partial charge on any atom is -0.405 e. The SMILES string of the molecule is Cc1cccc2cc(C(=O)NCCc3nc(N4CCC(c5ccccc5OC(F)(F)F)CC4)no3)[nH]c12. The van der Waals surface area contributed by atoms with Crippen molar-refractivity contribution in [3.63, 3.8) is 0 Å². The third-order valence-electron chi connectivity index (χ3n) is 6.55. The predicted octanol–water partition coefficient (Wildman–Crippen LogP) is 5.11. The van der Waals surface area contributed by atoms with Crippen LogP contribution < -0.4 is 15.0 Å². The Balaban J connectivity index is 1.13. The van der Waals surface area contributed by atoms with Gasteiger partial charge in [0.2, 0.25) is 5.89 Å². The summed E-state index contributed by atoms with van der Waals surface area (Å²) in [5.74, 6) is 0.400. The average molecular weight is 514 g/mol. The number of aromatic amines is 1. The molecule has 0 saturated carbocycles. The monoisotopic (exact) mass is 513 g/mol. The van der Waals surface area contributed by atoms with Gasteiger partial charge in [-0.05, 0) is 54.1 Å². The van der Waals surface area contributed by atoms with Crippen molar-refractivity contribution in [3.05, 3.63) is 71.2 Å². The molecule has 1 fully saturated rings. The largest absolute Gasteiger partial charge is 0.573 e. The van der Waals surface area contributed by atoms with Crippen molar-refractivity contribution in [1.29, 1.82) is 0 Å². The number of nitrogens with one attached hydrogen (secondary N) is 2. The Labute approximate surface area is 210 Å². The van der Waals surface area contributed by atoms with Crippen molar-refractivity contribution >= 4 is 22.8 Å². The molecule has 8 nitrogen and oxygen atoms in total. The van der Waals surface area contributed by atoms with Crippen molar-refractivity contribution in [2.45, 2.75) is 38.5 Å². The molecule has 0 unspecified atom stereocenters. The summed E-state index contributed by atoms with van der Waals surface area (Å²) in [5.41, 5.74) is 3.04. The summed E-state index contributed by atoms with van der Waals surface area (Å²) in [4.78, 5) is 22.1. The Morgan fingerprint density at radius 1 is 1.19 bits per heavy atom. The van der Waals surface area contributed by atoms with E-state index in [-0.39, 0.29) is 17.6 Å². The van der Waals surface area contributed by atoms with Crippen LogP contribution in [0.5, 0.6) is 5.75 Å². The lowest BCUT2D eigenvalue weighted by Gasteiger charge is -2.31. The second-order valence-electron chi connectivity index (χ2n) is 9.06. The van der Waals surface area contributed by atoms with Crippen molar-refractivity contribution < 1.29 is 27.2 Å². The number of H-pyrrole nitrogens is 1. The molecular weight excluding hydrogens is 487 g/mol. The van der Waals surface area contributed by atoms with E-state index in [9.17, 15) is 18.0 Å². The number of alkyl halides is 3. The Morgan fingerprint density at radius 2 is 1.97 bits per heavy atom. The molecule has 0 radical (unpaired) electrons. The zero-order chi connectivity index (χ0) is 26.0. The number of anilines is 1. The van der Waals surface area contributed by atoms with Gasteiger partial charge in [0.25, 0.3) is 11.9 Å². The molecule has 37 heavy (non-hydrogen) atoms. The van der Waals surface area contributed by atoms with Gasteiger partial charge in [-0.25, -0.2) is 0 Å². The Kier molecular flexibility index (Phi) is 6.77. The number of piperidine rings is 1. The smallest absolute Gasteiger partial charge is 0.405 e. The standard InChI is InChI=1S/C26H26F3N5O3/c1-16-5-4-6-18-15-20(31-23(16)18)24(35)30-12-9-22-32-25(33-37-22)34-13-10-17(11-14-34)19-7-2-3-8-21(19)36-26(27,28)29/h2-8,15,17,31H,9-14H2,1H3,(H,30,35). The second-order valence-corrected chi connectivity index (χ2v) is 9.06. The molecule has 0 atom stereocenters. The topological polar surface area (TPSA) is 96.3 Å². The fourth-order valence-corrected chi connectivity index (χ4v) is 4.71. The van der Waals surface area contributed by atoms with E-state index in [1.807, 2.05) is 36.1 Å². The molecule has 2 aromatic heterocycles. The molecule has 4 aromatic rings. The van der Waals surface area contributed by atoms with Gasteiger partial charge in [0.05, 0.1) is 0 Å². The molecule has 0 spiro atoms. The van der Waals surface area contributed by atoms with Crippen LogP contribution in [0.1, 0.15) is 46.3 Å². The maximum atomic E-state index is 12.8. The first-order chi connectivity index (χ1) is 17.8. The number of aryl methyl sites for hydroxylation is 1. The lowest BCUT2D eigenvalue weighted by molar-refractivity contribution is -0.275. The summed E-state index contributed by atoms with van der Waals surface area (Å²) >= 11 is 0. The van der Waals surface area contributed by atoms with Crippen LogP contribution in [-0.4, -0.2) is 47.0 Å². The molecule has 5 rings (SSSR count). The quantitative estimate of drug-likeness (QED) is 0.356. The fourth-order valence-electron chi connectivity index (χ4n) is 4.71. The highest BCUT2D eigenvalue weighted by Gasteiger charge is 2.33. The van der Waals surface area contributed by atoms with E-state index in [1.54, 1.807) is 12.1 Å². The van der Waals surface area contributed by atoms with Crippen LogP contribution in [0.2, 0.25) is 0 Å². The van der Waals surface area contributed by atoms with Crippen LogP contribution in [-0.2, 0) is 6.42 Å². The van der Waals surface area contributed by atoms with E-state index >= 15 is 0 Å². The van der Waals surface area contributed by atoms with E-state index in [2.05, 4.69) is 25.2 Å². The lowest BCUT2D eigenvalue weighted by atomic mass is 9.89. The van der Waals surface area contributed by atoms with Gasteiger partial charge in [-0.2, -0.15) is 4.98 Å². The van der Waals surface area contributed by atoms with E-state index in [4.69, 9.17) is 4.52 Å². The molecule has 0 bridgehead atoms. The number of halogens is 3. The summed E-state index contributed by atoms with van der Waals surface area (Å²) in [6, 6.07) is 14.0. The summed E-state index contributed by atoms with van der Waals surface area (Å²) in [6.07, 6.45) is -3.10. The van der Waals surface area contributed by atoms with Crippen molar-refractivity contribution in [2.75, 3.05) is 24.5 Å². The lowest BCUT2D eigenvalue weighted by Crippen LogP contribution is -2.34. The molecule has 2 N–H and O–H groups in total. The van der Waals surface area contributed by atoms with Crippen LogP contribution >= 0.6 is 0 Å². The van der Waals surface area contributed by atoms with Crippen LogP contribution in [0, 0.1) is 6.92 Å². The van der Waals surface area contributed by atoms with Gasteiger partial charge in [0.15, 0.2) is 0 Å². The third kappa shape index (κ3) is 5.71. The number of amides is 1. The Bertz CT molecular complexity index is 1390. The Hall–Kier alpha value is -4.02. The van der Waals surface area contributed by atoms with Gasteiger partial charge >= 0.3 is 6.36 Å². The van der Waals surface area contributed by atoms with Crippen LogP contribution in [0.3, 0.4) is 0 Å². The first-order valence-corrected chi connectivity index (χ1v) is 12.1. The summed E-state index contributed by atoms with van der Waals surface area (Å²) in [6.45, 7) is 3.45. The maximum absolute atomic E-state index is 12.8. The summed E-state index contributed by atoms with van der Waals surface area (Å²) < 4.78 is 47.9. The molecule has 194 valence electrons. The third-order valence-corrected chi connectivity index (χ3v) is 6.55. The molecule has 1 aliphatic heterocycles. The molecule has 1 saturated heterocycles. The highest BCUT2D eigenvalue weighted by Crippen LogP contribution is 2.37. The van der Waals surface area contributed by atoms with Gasteiger partial charge in [-0.15, -0.1) is 13.2 Å². The number of nitrogens with zero attached hydrogens (tertiary/aromatic N) is 3. The van der Waals surface area contributed by atoms with Crippen molar-refractivity contribution in [3.8, 4) is 5.75 Å². The molecule has 1 amide bonds. The van der Waals surface area contributed by atoms with Crippen molar-refractivity contribution in [2.24, 2.45) is 0 Å². The summed E-state index contributed by atoms with van der Waals surface area (Å²) in [7, 11) is 0. The normalized spacial score (nSPS) is 14.8. The maximum Gasteiger partial charge on any atom is 0.573 e. The predicted molar refractivity (Wildman–Crippen MR) is 131 cm³/mol. The fraction of sp³-hybridized carbons (Fsp3) is 0.346. The van der Waals surface area contributed by atoms with E-state index in [1.165, 1.54) is 12.1 Å². The number of fused-ring (bicyclic) bond motifs is 1. The van der Waals surface area contributed by atoms with Gasteiger partial charge in [0.1, 0.15) is 11.4 Å². The molecule has 0 aliphatic carbocycles. The molecule has 1 aliphatic rings. The number of benzene rings is 2. The minimum absolute atomic E-state index is 0.0650. The average Bonchev–Trinajstić information content (AvgIpc) is 3.52.